The standard InChI is InChI=1S/C21H27FN4O4S2/c1-11-8-13(29-5)15(16(22)18(11)31-14-9-25-19(23)32-14)17(27)12-10-26(7-6-24-12)20(28)30-21(2,3)4/h8-9,12,24H,6-7,10H2,1-5H3,(H2,23,25). The summed E-state index contributed by atoms with van der Waals surface area (Å²) in [5, 5.41) is 3.46. The van der Waals surface area contributed by atoms with E-state index in [4.69, 9.17) is 15.2 Å². The number of nitrogens with two attached hydrogens (primary N) is 1. The van der Waals surface area contributed by atoms with Gasteiger partial charge in [0.05, 0.1) is 34.0 Å². The van der Waals surface area contributed by atoms with Crippen LogP contribution in [0.1, 0.15) is 36.7 Å². The summed E-state index contributed by atoms with van der Waals surface area (Å²) < 4.78 is 27.1. The number of ether oxygens (including phenoxy) is 2. The third-order valence-corrected chi connectivity index (χ3v) is 6.82. The van der Waals surface area contributed by atoms with E-state index in [9.17, 15) is 9.59 Å². The number of methoxy groups -OCH3 is 1. The molecule has 1 saturated heterocycles. The number of nitrogens with zero attached hydrogens (tertiary/aromatic N) is 2. The minimum Gasteiger partial charge on any atom is -0.496 e. The molecule has 11 heteroatoms. The lowest BCUT2D eigenvalue weighted by atomic mass is 9.99. The van der Waals surface area contributed by atoms with Crippen LogP contribution in [0.25, 0.3) is 0 Å². The molecule has 1 aromatic heterocycles. The van der Waals surface area contributed by atoms with Gasteiger partial charge in [0.25, 0.3) is 0 Å². The topological polar surface area (TPSA) is 107 Å². The molecule has 1 amide bonds. The van der Waals surface area contributed by atoms with Gasteiger partial charge in [-0.3, -0.25) is 4.79 Å². The van der Waals surface area contributed by atoms with Gasteiger partial charge >= 0.3 is 6.09 Å². The maximum atomic E-state index is 15.7. The van der Waals surface area contributed by atoms with E-state index in [-0.39, 0.29) is 17.9 Å². The largest absolute Gasteiger partial charge is 0.496 e. The van der Waals surface area contributed by atoms with E-state index in [2.05, 4.69) is 10.3 Å². The second-order valence-electron chi connectivity index (χ2n) is 8.33. The first kappa shape index (κ1) is 24.3. The highest BCUT2D eigenvalue weighted by Crippen LogP contribution is 2.40. The Morgan fingerprint density at radius 3 is 2.72 bits per heavy atom. The molecule has 1 aliphatic heterocycles. The first-order valence-electron chi connectivity index (χ1n) is 10.0. The van der Waals surface area contributed by atoms with Crippen LogP contribution in [0.15, 0.2) is 21.4 Å². The Labute approximate surface area is 194 Å². The zero-order chi connectivity index (χ0) is 23.6. The van der Waals surface area contributed by atoms with Gasteiger partial charge in [0, 0.05) is 19.6 Å². The van der Waals surface area contributed by atoms with Crippen molar-refractivity contribution in [1.29, 1.82) is 0 Å². The summed E-state index contributed by atoms with van der Waals surface area (Å²) >= 11 is 2.40. The number of hydrogen-bond donors (Lipinski definition) is 2. The number of aryl methyl sites for hydroxylation is 1. The van der Waals surface area contributed by atoms with Gasteiger partial charge in [-0.1, -0.05) is 23.1 Å². The minimum atomic E-state index is -0.792. The fourth-order valence-electron chi connectivity index (χ4n) is 3.26. The van der Waals surface area contributed by atoms with Crippen LogP contribution in [0.4, 0.5) is 14.3 Å². The summed E-state index contributed by atoms with van der Waals surface area (Å²) in [6.07, 6.45) is 1.06. The highest BCUT2D eigenvalue weighted by Gasteiger charge is 2.34. The second-order valence-corrected chi connectivity index (χ2v) is 10.7. The van der Waals surface area contributed by atoms with Crippen LogP contribution in [-0.4, -0.2) is 60.1 Å². The summed E-state index contributed by atoms with van der Waals surface area (Å²) in [7, 11) is 1.39. The Balaban J connectivity index is 1.89. The van der Waals surface area contributed by atoms with E-state index in [0.29, 0.717) is 32.9 Å². The van der Waals surface area contributed by atoms with Crippen molar-refractivity contribution in [3.05, 3.63) is 29.2 Å². The highest BCUT2D eigenvalue weighted by molar-refractivity contribution is 8.01. The summed E-state index contributed by atoms with van der Waals surface area (Å²) in [5.41, 5.74) is 5.50. The third kappa shape index (κ3) is 5.51. The Morgan fingerprint density at radius 1 is 1.41 bits per heavy atom. The van der Waals surface area contributed by atoms with Crippen LogP contribution >= 0.6 is 23.1 Å². The lowest BCUT2D eigenvalue weighted by Crippen LogP contribution is -2.56. The molecule has 0 aliphatic carbocycles. The molecular weight excluding hydrogens is 455 g/mol. The quantitative estimate of drug-likeness (QED) is 0.621. The van der Waals surface area contributed by atoms with E-state index in [0.717, 1.165) is 11.8 Å². The fourth-order valence-corrected chi connectivity index (χ4v) is 5.06. The molecule has 2 aromatic rings. The Kier molecular flexibility index (Phi) is 7.31. The van der Waals surface area contributed by atoms with Crippen molar-refractivity contribution in [1.82, 2.24) is 15.2 Å². The minimum absolute atomic E-state index is 0.0675. The van der Waals surface area contributed by atoms with E-state index >= 15 is 4.39 Å². The number of rotatable bonds is 5. The number of carbonyl (C=O) groups is 2. The van der Waals surface area contributed by atoms with Gasteiger partial charge in [0.1, 0.15) is 11.4 Å². The molecule has 0 bridgehead atoms. The SMILES string of the molecule is COc1cc(C)c(Sc2cnc(N)s2)c(F)c1C(=O)C1CN(C(=O)OC(C)(C)C)CCN1. The molecule has 32 heavy (non-hydrogen) atoms. The fraction of sp³-hybridized carbons (Fsp3) is 0.476. The predicted octanol–water partition coefficient (Wildman–Crippen LogP) is 3.72. The van der Waals surface area contributed by atoms with Crippen LogP contribution < -0.4 is 15.8 Å². The van der Waals surface area contributed by atoms with Crippen molar-refractivity contribution in [2.75, 3.05) is 32.5 Å². The van der Waals surface area contributed by atoms with Gasteiger partial charge < -0.3 is 25.4 Å². The third-order valence-electron chi connectivity index (χ3n) is 4.69. The molecule has 1 aliphatic rings. The predicted molar refractivity (Wildman–Crippen MR) is 122 cm³/mol. The number of thiazole rings is 1. The second kappa shape index (κ2) is 9.63. The average molecular weight is 483 g/mol. The number of benzene rings is 1. The number of piperazine rings is 1. The highest BCUT2D eigenvalue weighted by atomic mass is 32.2. The van der Waals surface area contributed by atoms with Gasteiger partial charge in [-0.05, 0) is 39.3 Å². The number of anilines is 1. The Morgan fingerprint density at radius 2 is 2.12 bits per heavy atom. The Bertz CT molecular complexity index is 1020. The van der Waals surface area contributed by atoms with Gasteiger partial charge in [-0.2, -0.15) is 0 Å². The number of halogens is 1. The van der Waals surface area contributed by atoms with Crippen molar-refractivity contribution < 1.29 is 23.5 Å². The maximum Gasteiger partial charge on any atom is 0.410 e. The van der Waals surface area contributed by atoms with Crippen LogP contribution in [0.3, 0.4) is 0 Å². The van der Waals surface area contributed by atoms with Crippen LogP contribution in [0.5, 0.6) is 5.75 Å². The normalized spacial score (nSPS) is 16.7. The van der Waals surface area contributed by atoms with Gasteiger partial charge in [0.15, 0.2) is 16.7 Å². The maximum absolute atomic E-state index is 15.7. The first-order valence-corrected chi connectivity index (χ1v) is 11.6. The van der Waals surface area contributed by atoms with Gasteiger partial charge in [-0.15, -0.1) is 0 Å². The summed E-state index contributed by atoms with van der Waals surface area (Å²) in [6, 6.07) is 0.844. The molecular formula is C21H27FN4O4S2. The van der Waals surface area contributed by atoms with Crippen LogP contribution in [0, 0.1) is 12.7 Å². The first-order chi connectivity index (χ1) is 15.0. The number of nitrogens with one attached hydrogen (secondary N) is 1. The Hall–Kier alpha value is -2.37. The van der Waals surface area contributed by atoms with E-state index < -0.39 is 29.3 Å². The molecule has 1 unspecified atom stereocenters. The van der Waals surface area contributed by atoms with E-state index in [1.54, 1.807) is 40.0 Å². The van der Waals surface area contributed by atoms with Crippen LogP contribution in [-0.2, 0) is 4.74 Å². The number of aromatic nitrogens is 1. The molecule has 3 N–H and O–H groups in total. The zero-order valence-electron chi connectivity index (χ0n) is 18.7. The van der Waals surface area contributed by atoms with E-state index in [1.165, 1.54) is 23.3 Å². The van der Waals surface area contributed by atoms with E-state index in [1.807, 2.05) is 0 Å². The lowest BCUT2D eigenvalue weighted by Gasteiger charge is -2.34. The lowest BCUT2D eigenvalue weighted by molar-refractivity contribution is 0.0199. The molecule has 1 fully saturated rings. The molecule has 0 spiro atoms. The zero-order valence-corrected chi connectivity index (χ0v) is 20.3. The van der Waals surface area contributed by atoms with Crippen molar-refractivity contribution in [2.24, 2.45) is 0 Å². The molecule has 3 rings (SSSR count). The van der Waals surface area contributed by atoms with Crippen molar-refractivity contribution >= 4 is 40.1 Å². The molecule has 1 aromatic carbocycles. The number of ketones is 1. The van der Waals surface area contributed by atoms with Gasteiger partial charge in [0.2, 0.25) is 0 Å². The number of hydrogen-bond acceptors (Lipinski definition) is 9. The number of nitrogen functional groups attached to an aromatic ring is 1. The molecule has 2 heterocycles. The monoisotopic (exact) mass is 482 g/mol. The summed E-state index contributed by atoms with van der Waals surface area (Å²) in [6.45, 7) is 7.91. The van der Waals surface area contributed by atoms with Crippen molar-refractivity contribution in [2.45, 2.75) is 48.4 Å². The number of amides is 1. The van der Waals surface area contributed by atoms with Gasteiger partial charge in [-0.25, -0.2) is 14.2 Å². The molecule has 1 atom stereocenters. The molecule has 8 nitrogen and oxygen atoms in total. The van der Waals surface area contributed by atoms with Crippen LogP contribution in [0.2, 0.25) is 0 Å². The van der Waals surface area contributed by atoms with Crippen molar-refractivity contribution in [3.63, 3.8) is 0 Å². The molecule has 0 saturated carbocycles. The number of carbonyl (C=O) groups excluding carboxylic acids is 2. The summed E-state index contributed by atoms with van der Waals surface area (Å²) in [4.78, 5) is 31.6. The molecule has 174 valence electrons. The smallest absolute Gasteiger partial charge is 0.410 e. The number of Topliss-reactive ketones (excluding diaryl/α,β-unsaturated/α-hetero) is 1. The summed E-state index contributed by atoms with van der Waals surface area (Å²) in [5.74, 6) is -1.01. The molecule has 0 radical (unpaired) electrons. The average Bonchev–Trinajstić information content (AvgIpc) is 3.14. The van der Waals surface area contributed by atoms with Crippen molar-refractivity contribution in [3.8, 4) is 5.75 Å².